The molecule has 2 nitrogen and oxygen atoms in total. The van der Waals surface area contributed by atoms with E-state index in [4.69, 9.17) is 0 Å². The van der Waals surface area contributed by atoms with E-state index >= 15 is 0 Å². The maximum Gasteiger partial charge on any atom is 0.135 e. The van der Waals surface area contributed by atoms with Gasteiger partial charge in [0.2, 0.25) is 0 Å². The van der Waals surface area contributed by atoms with Crippen molar-refractivity contribution in [2.24, 2.45) is 5.92 Å². The molecule has 0 bridgehead atoms. The fourth-order valence-electron chi connectivity index (χ4n) is 2.50. The van der Waals surface area contributed by atoms with Crippen molar-refractivity contribution in [3.63, 3.8) is 0 Å². The van der Waals surface area contributed by atoms with Crippen LogP contribution in [0.3, 0.4) is 0 Å². The van der Waals surface area contributed by atoms with Crippen LogP contribution in [-0.2, 0) is 4.79 Å². The van der Waals surface area contributed by atoms with Crippen molar-refractivity contribution < 1.29 is 4.79 Å². The van der Waals surface area contributed by atoms with Gasteiger partial charge < -0.3 is 4.90 Å². The molecule has 0 aromatic heterocycles. The molecule has 1 rings (SSSR count). The van der Waals surface area contributed by atoms with Gasteiger partial charge in [0.15, 0.2) is 0 Å². The quantitative estimate of drug-likeness (QED) is 0.691. The van der Waals surface area contributed by atoms with E-state index in [0.717, 1.165) is 25.4 Å². The lowest BCUT2D eigenvalue weighted by Gasteiger charge is -2.31. The van der Waals surface area contributed by atoms with Crippen molar-refractivity contribution in [3.8, 4) is 0 Å². The smallest absolute Gasteiger partial charge is 0.135 e. The highest BCUT2D eigenvalue weighted by atomic mass is 16.1. The van der Waals surface area contributed by atoms with Crippen LogP contribution in [0.4, 0.5) is 0 Å². The van der Waals surface area contributed by atoms with Gasteiger partial charge in [0.1, 0.15) is 5.78 Å². The summed E-state index contributed by atoms with van der Waals surface area (Å²) >= 11 is 0. The Morgan fingerprint density at radius 2 is 1.88 bits per heavy atom. The molecule has 0 amide bonds. The molecule has 0 unspecified atom stereocenters. The normalized spacial score (nSPS) is 18.3. The first kappa shape index (κ1) is 13.7. The largest absolute Gasteiger partial charge is 0.303 e. The highest BCUT2D eigenvalue weighted by molar-refractivity contribution is 5.80. The van der Waals surface area contributed by atoms with Gasteiger partial charge in [0.25, 0.3) is 0 Å². The maximum absolute atomic E-state index is 11.5. The molecule has 0 aromatic carbocycles. The highest BCUT2D eigenvalue weighted by Crippen LogP contribution is 2.21. The fourth-order valence-corrected chi connectivity index (χ4v) is 2.50. The van der Waals surface area contributed by atoms with E-state index in [1.165, 1.54) is 32.1 Å². The minimum absolute atomic E-state index is 0.208. The topological polar surface area (TPSA) is 20.3 Å². The zero-order valence-electron chi connectivity index (χ0n) is 11.2. The van der Waals surface area contributed by atoms with Crippen LogP contribution in [0, 0.1) is 5.92 Å². The summed E-state index contributed by atoms with van der Waals surface area (Å²) in [5.41, 5.74) is 0. The van der Waals surface area contributed by atoms with E-state index < -0.39 is 0 Å². The Balaban J connectivity index is 2.14. The molecule has 2 heteroatoms. The first-order valence-electron chi connectivity index (χ1n) is 6.84. The lowest BCUT2D eigenvalue weighted by Crippen LogP contribution is -2.34. The maximum atomic E-state index is 11.5. The summed E-state index contributed by atoms with van der Waals surface area (Å²) in [5.74, 6) is 0.622. The summed E-state index contributed by atoms with van der Waals surface area (Å²) in [5, 5.41) is 0. The Bertz CT molecular complexity index is 207. The third-order valence-electron chi connectivity index (χ3n) is 3.78. The third-order valence-corrected chi connectivity index (χ3v) is 3.78. The van der Waals surface area contributed by atoms with Crippen LogP contribution in [0.2, 0.25) is 0 Å². The van der Waals surface area contributed by atoms with Crippen LogP contribution < -0.4 is 0 Å². The van der Waals surface area contributed by atoms with Crippen molar-refractivity contribution in [2.75, 3.05) is 13.6 Å². The van der Waals surface area contributed by atoms with Gasteiger partial charge in [-0.15, -0.1) is 0 Å². The molecule has 1 saturated carbocycles. The first-order chi connectivity index (χ1) is 7.61. The first-order valence-corrected chi connectivity index (χ1v) is 6.84. The number of rotatable bonds is 6. The van der Waals surface area contributed by atoms with Crippen molar-refractivity contribution in [1.29, 1.82) is 0 Å². The van der Waals surface area contributed by atoms with E-state index in [-0.39, 0.29) is 5.92 Å². The molecule has 1 aliphatic rings. The second-order valence-corrected chi connectivity index (χ2v) is 5.50. The van der Waals surface area contributed by atoms with Gasteiger partial charge in [0.05, 0.1) is 0 Å². The number of ketones is 1. The number of hydrogen-bond donors (Lipinski definition) is 0. The Morgan fingerprint density at radius 3 is 2.44 bits per heavy atom. The van der Waals surface area contributed by atoms with Crippen LogP contribution >= 0.6 is 0 Å². The number of Topliss-reactive ketones (excluding diaryl/α,β-unsaturated/α-hetero) is 1. The van der Waals surface area contributed by atoms with Crippen LogP contribution in [-0.4, -0.2) is 30.3 Å². The molecule has 0 N–H and O–H groups in total. The van der Waals surface area contributed by atoms with Crippen molar-refractivity contribution in [2.45, 2.75) is 64.8 Å². The van der Waals surface area contributed by atoms with E-state index in [0.29, 0.717) is 5.78 Å². The van der Waals surface area contributed by atoms with Crippen molar-refractivity contribution >= 4 is 5.78 Å². The minimum Gasteiger partial charge on any atom is -0.303 e. The van der Waals surface area contributed by atoms with Crippen LogP contribution in [0.1, 0.15) is 58.8 Å². The summed E-state index contributed by atoms with van der Waals surface area (Å²) in [6.45, 7) is 5.07. The molecule has 0 spiro atoms. The monoisotopic (exact) mass is 225 g/mol. The molecule has 0 aromatic rings. The van der Waals surface area contributed by atoms with Gasteiger partial charge >= 0.3 is 0 Å². The van der Waals surface area contributed by atoms with E-state index in [1.54, 1.807) is 0 Å². The lowest BCUT2D eigenvalue weighted by atomic mass is 9.94. The zero-order chi connectivity index (χ0) is 12.0. The Kier molecular flexibility index (Phi) is 6.04. The van der Waals surface area contributed by atoms with Gasteiger partial charge in [-0.1, -0.05) is 33.1 Å². The summed E-state index contributed by atoms with van der Waals surface area (Å²) in [4.78, 5) is 13.9. The average Bonchev–Trinajstić information content (AvgIpc) is 2.29. The summed E-state index contributed by atoms with van der Waals surface area (Å²) in [6, 6.07) is 0.780. The molecule has 16 heavy (non-hydrogen) atoms. The third kappa shape index (κ3) is 4.65. The molecule has 1 fully saturated rings. The van der Waals surface area contributed by atoms with Crippen LogP contribution in [0.5, 0.6) is 0 Å². The molecule has 94 valence electrons. The summed E-state index contributed by atoms with van der Waals surface area (Å²) in [7, 11) is 2.22. The van der Waals surface area contributed by atoms with Crippen molar-refractivity contribution in [3.05, 3.63) is 0 Å². The minimum atomic E-state index is 0.208. The Labute approximate surface area is 100 Å². The van der Waals surface area contributed by atoms with Crippen LogP contribution in [0.25, 0.3) is 0 Å². The lowest BCUT2D eigenvalue weighted by molar-refractivity contribution is -0.122. The molecular weight excluding hydrogens is 198 g/mol. The van der Waals surface area contributed by atoms with Crippen LogP contribution in [0.15, 0.2) is 0 Å². The molecule has 0 radical (unpaired) electrons. The Morgan fingerprint density at radius 1 is 1.25 bits per heavy atom. The molecular formula is C14H27NO. The predicted molar refractivity (Wildman–Crippen MR) is 68.6 cm³/mol. The summed E-state index contributed by atoms with van der Waals surface area (Å²) in [6.07, 6.45) is 8.69. The molecule has 1 aliphatic carbocycles. The van der Waals surface area contributed by atoms with E-state index in [1.807, 2.05) is 13.8 Å². The second kappa shape index (κ2) is 7.05. The van der Waals surface area contributed by atoms with Gasteiger partial charge in [-0.3, -0.25) is 4.79 Å². The van der Waals surface area contributed by atoms with E-state index in [2.05, 4.69) is 11.9 Å². The standard InChI is InChI=1S/C14H27NO/c1-12(2)14(16)10-7-11-15(3)13-8-5-4-6-9-13/h12-13H,4-11H2,1-3H3. The van der Waals surface area contributed by atoms with Gasteiger partial charge in [-0.2, -0.15) is 0 Å². The molecule has 0 atom stereocenters. The Hall–Kier alpha value is -0.370. The molecule has 0 saturated heterocycles. The number of carbonyl (C=O) groups excluding carboxylic acids is 1. The van der Waals surface area contributed by atoms with Gasteiger partial charge in [0, 0.05) is 18.4 Å². The zero-order valence-corrected chi connectivity index (χ0v) is 11.2. The van der Waals surface area contributed by atoms with E-state index in [9.17, 15) is 4.79 Å². The highest BCUT2D eigenvalue weighted by Gasteiger charge is 2.17. The number of nitrogens with zero attached hydrogens (tertiary/aromatic N) is 1. The summed E-state index contributed by atoms with van der Waals surface area (Å²) < 4.78 is 0. The fraction of sp³-hybridized carbons (Fsp3) is 0.929. The molecule has 0 aliphatic heterocycles. The predicted octanol–water partition coefficient (Wildman–Crippen LogP) is 3.26. The number of hydrogen-bond acceptors (Lipinski definition) is 2. The van der Waals surface area contributed by atoms with Gasteiger partial charge in [-0.25, -0.2) is 0 Å². The second-order valence-electron chi connectivity index (χ2n) is 5.50. The average molecular weight is 225 g/mol. The molecule has 0 heterocycles. The van der Waals surface area contributed by atoms with Crippen molar-refractivity contribution in [1.82, 2.24) is 4.90 Å². The SMILES string of the molecule is CC(C)C(=O)CCCN(C)C1CCCCC1. The van der Waals surface area contributed by atoms with Gasteiger partial charge in [-0.05, 0) is 32.9 Å². The number of carbonyl (C=O) groups is 1.